The molecular weight excluding hydrogens is 364 g/mol. The molecule has 0 radical (unpaired) electrons. The van der Waals surface area contributed by atoms with Crippen molar-refractivity contribution in [1.29, 1.82) is 0 Å². The number of H-pyrrole nitrogens is 3. The number of benzene rings is 2. The fourth-order valence-corrected chi connectivity index (χ4v) is 3.85. The van der Waals surface area contributed by atoms with Gasteiger partial charge in [0.2, 0.25) is 0 Å². The van der Waals surface area contributed by atoms with E-state index in [2.05, 4.69) is 55.7 Å². The van der Waals surface area contributed by atoms with Crippen LogP contribution in [0.15, 0.2) is 54.9 Å². The Kier molecular flexibility index (Phi) is 3.94. The lowest BCUT2D eigenvalue weighted by molar-refractivity contribution is 0.0984. The van der Waals surface area contributed by atoms with E-state index in [1.807, 2.05) is 26.1 Å². The Labute approximate surface area is 166 Å². The molecule has 7 heteroatoms. The molecule has 1 amide bonds. The van der Waals surface area contributed by atoms with Gasteiger partial charge in [0.1, 0.15) is 5.69 Å². The molecule has 5 aromatic rings. The van der Waals surface area contributed by atoms with Gasteiger partial charge in [0.05, 0.1) is 23.1 Å². The zero-order chi connectivity index (χ0) is 20.0. The largest absolute Gasteiger partial charge is 0.361 e. The van der Waals surface area contributed by atoms with Crippen LogP contribution in [0, 0.1) is 6.92 Å². The quantitative estimate of drug-likeness (QED) is 0.428. The Morgan fingerprint density at radius 3 is 2.76 bits per heavy atom. The SMILES string of the molecule is CCN(C(=O)c1cc(C)n[nH]1)c1cc(-c2cccc3[nH]ccc23)cc2[nH]ncc12. The number of nitrogens with zero attached hydrogens (tertiary/aromatic N) is 3. The van der Waals surface area contributed by atoms with Crippen molar-refractivity contribution in [2.24, 2.45) is 0 Å². The van der Waals surface area contributed by atoms with Crippen molar-refractivity contribution in [3.63, 3.8) is 0 Å². The van der Waals surface area contributed by atoms with Crippen molar-refractivity contribution in [3.8, 4) is 11.1 Å². The maximum absolute atomic E-state index is 13.2. The average molecular weight is 384 g/mol. The highest BCUT2D eigenvalue weighted by atomic mass is 16.2. The van der Waals surface area contributed by atoms with Crippen molar-refractivity contribution in [1.82, 2.24) is 25.4 Å². The van der Waals surface area contributed by atoms with Gasteiger partial charge < -0.3 is 9.88 Å². The number of carbonyl (C=O) groups excluding carboxylic acids is 1. The summed E-state index contributed by atoms with van der Waals surface area (Å²) in [6.45, 7) is 4.34. The fourth-order valence-electron chi connectivity index (χ4n) is 3.85. The molecule has 2 aromatic carbocycles. The second-order valence-electron chi connectivity index (χ2n) is 7.04. The van der Waals surface area contributed by atoms with Gasteiger partial charge in [0, 0.05) is 29.0 Å². The summed E-state index contributed by atoms with van der Waals surface area (Å²) in [7, 11) is 0. The maximum Gasteiger partial charge on any atom is 0.276 e. The summed E-state index contributed by atoms with van der Waals surface area (Å²) >= 11 is 0. The van der Waals surface area contributed by atoms with Crippen LogP contribution in [0.5, 0.6) is 0 Å². The van der Waals surface area contributed by atoms with Gasteiger partial charge in [-0.05, 0) is 55.3 Å². The lowest BCUT2D eigenvalue weighted by atomic mass is 9.99. The summed E-state index contributed by atoms with van der Waals surface area (Å²) in [5, 5.41) is 16.2. The van der Waals surface area contributed by atoms with Crippen molar-refractivity contribution in [2.75, 3.05) is 11.4 Å². The molecule has 0 saturated heterocycles. The number of fused-ring (bicyclic) bond motifs is 2. The topological polar surface area (TPSA) is 93.5 Å². The molecule has 7 nitrogen and oxygen atoms in total. The van der Waals surface area contributed by atoms with E-state index in [9.17, 15) is 4.79 Å². The van der Waals surface area contributed by atoms with Crippen molar-refractivity contribution in [2.45, 2.75) is 13.8 Å². The number of anilines is 1. The third-order valence-corrected chi connectivity index (χ3v) is 5.23. The number of hydrogen-bond acceptors (Lipinski definition) is 3. The van der Waals surface area contributed by atoms with Gasteiger partial charge in [-0.15, -0.1) is 0 Å². The lowest BCUT2D eigenvalue weighted by Gasteiger charge is -2.22. The van der Waals surface area contributed by atoms with Crippen LogP contribution in [0.4, 0.5) is 5.69 Å². The van der Waals surface area contributed by atoms with Crippen LogP contribution in [0.25, 0.3) is 32.9 Å². The van der Waals surface area contributed by atoms with Crippen LogP contribution in [-0.2, 0) is 0 Å². The molecule has 0 spiro atoms. The molecule has 0 unspecified atom stereocenters. The zero-order valence-corrected chi connectivity index (χ0v) is 16.2. The Morgan fingerprint density at radius 2 is 1.97 bits per heavy atom. The van der Waals surface area contributed by atoms with Crippen molar-refractivity contribution < 1.29 is 4.79 Å². The average Bonchev–Trinajstić information content (AvgIpc) is 3.47. The number of nitrogens with one attached hydrogen (secondary N) is 3. The summed E-state index contributed by atoms with van der Waals surface area (Å²) in [5.74, 6) is -0.118. The monoisotopic (exact) mass is 384 g/mol. The fraction of sp³-hybridized carbons (Fsp3) is 0.136. The molecule has 0 aliphatic carbocycles. The van der Waals surface area contributed by atoms with Crippen LogP contribution < -0.4 is 4.90 Å². The van der Waals surface area contributed by atoms with Gasteiger partial charge in [0.15, 0.2) is 0 Å². The van der Waals surface area contributed by atoms with E-state index < -0.39 is 0 Å². The number of amides is 1. The van der Waals surface area contributed by atoms with Crippen LogP contribution in [0.3, 0.4) is 0 Å². The van der Waals surface area contributed by atoms with E-state index in [-0.39, 0.29) is 5.91 Å². The number of hydrogen-bond donors (Lipinski definition) is 3. The van der Waals surface area contributed by atoms with Crippen LogP contribution in [0.2, 0.25) is 0 Å². The summed E-state index contributed by atoms with van der Waals surface area (Å²) in [6, 6.07) is 14.1. The number of aromatic amines is 3. The van der Waals surface area contributed by atoms with Crippen LogP contribution >= 0.6 is 0 Å². The van der Waals surface area contributed by atoms with E-state index in [0.717, 1.165) is 44.3 Å². The molecule has 29 heavy (non-hydrogen) atoms. The first kappa shape index (κ1) is 17.2. The molecule has 0 atom stereocenters. The Morgan fingerprint density at radius 1 is 1.07 bits per heavy atom. The van der Waals surface area contributed by atoms with Gasteiger partial charge in [0.25, 0.3) is 5.91 Å². The first-order valence-electron chi connectivity index (χ1n) is 9.53. The number of rotatable bonds is 4. The smallest absolute Gasteiger partial charge is 0.276 e. The van der Waals surface area contributed by atoms with E-state index in [0.29, 0.717) is 12.2 Å². The summed E-state index contributed by atoms with van der Waals surface area (Å²) in [5.41, 5.74) is 6.15. The van der Waals surface area contributed by atoms with Gasteiger partial charge in [-0.1, -0.05) is 12.1 Å². The molecule has 144 valence electrons. The highest BCUT2D eigenvalue weighted by Gasteiger charge is 2.22. The minimum atomic E-state index is -0.118. The first-order chi connectivity index (χ1) is 14.2. The second kappa shape index (κ2) is 6.63. The standard InChI is InChI=1S/C22H20N6O/c1-3-28(22(29)20-9-13(2)25-27-20)21-11-14(10-19-17(21)12-24-26-19)15-5-4-6-18-16(15)7-8-23-18/h4-12,23H,3H2,1-2H3,(H,24,26)(H,25,27). The molecule has 0 aliphatic rings. The predicted molar refractivity (Wildman–Crippen MR) is 114 cm³/mol. The summed E-state index contributed by atoms with van der Waals surface area (Å²) in [4.78, 5) is 18.2. The molecule has 3 N–H and O–H groups in total. The van der Waals surface area contributed by atoms with E-state index in [4.69, 9.17) is 0 Å². The normalized spacial score (nSPS) is 11.4. The predicted octanol–water partition coefficient (Wildman–Crippen LogP) is 4.41. The second-order valence-corrected chi connectivity index (χ2v) is 7.04. The molecule has 3 heterocycles. The van der Waals surface area contributed by atoms with Crippen molar-refractivity contribution >= 4 is 33.4 Å². The zero-order valence-electron chi connectivity index (χ0n) is 16.2. The molecule has 5 rings (SSSR count). The number of carbonyl (C=O) groups is 1. The molecule has 0 aliphatic heterocycles. The highest BCUT2D eigenvalue weighted by Crippen LogP contribution is 2.35. The third-order valence-electron chi connectivity index (χ3n) is 5.23. The number of aryl methyl sites for hydroxylation is 1. The van der Waals surface area contributed by atoms with Gasteiger partial charge >= 0.3 is 0 Å². The van der Waals surface area contributed by atoms with Crippen LogP contribution in [0.1, 0.15) is 23.1 Å². The van der Waals surface area contributed by atoms with Gasteiger partial charge in [-0.3, -0.25) is 15.0 Å². The van der Waals surface area contributed by atoms with E-state index in [1.54, 1.807) is 17.2 Å². The number of aromatic nitrogens is 5. The summed E-state index contributed by atoms with van der Waals surface area (Å²) in [6.07, 6.45) is 3.70. The summed E-state index contributed by atoms with van der Waals surface area (Å²) < 4.78 is 0. The maximum atomic E-state index is 13.2. The molecule has 0 saturated carbocycles. The molecule has 0 fully saturated rings. The first-order valence-corrected chi connectivity index (χ1v) is 9.53. The molecule has 3 aromatic heterocycles. The lowest BCUT2D eigenvalue weighted by Crippen LogP contribution is -2.31. The van der Waals surface area contributed by atoms with Crippen LogP contribution in [-0.4, -0.2) is 37.8 Å². The molecule has 0 bridgehead atoms. The Balaban J connectivity index is 1.70. The third kappa shape index (κ3) is 2.79. The minimum absolute atomic E-state index is 0.118. The van der Waals surface area contributed by atoms with Gasteiger partial charge in [-0.25, -0.2) is 0 Å². The van der Waals surface area contributed by atoms with E-state index >= 15 is 0 Å². The molecular formula is C22H20N6O. The Bertz CT molecular complexity index is 1340. The highest BCUT2D eigenvalue weighted by molar-refractivity contribution is 6.11. The van der Waals surface area contributed by atoms with Gasteiger partial charge in [-0.2, -0.15) is 10.2 Å². The Hall–Kier alpha value is -3.87. The minimum Gasteiger partial charge on any atom is -0.361 e. The van der Waals surface area contributed by atoms with E-state index in [1.165, 1.54) is 0 Å². The van der Waals surface area contributed by atoms with Crippen molar-refractivity contribution in [3.05, 3.63) is 66.2 Å².